The normalized spacial score (nSPS) is 20.8. The zero-order valence-electron chi connectivity index (χ0n) is 15.6. The molecule has 0 aromatic heterocycles. The summed E-state index contributed by atoms with van der Waals surface area (Å²) in [4.78, 5) is 14.7. The first-order valence-corrected chi connectivity index (χ1v) is 10.9. The Labute approximate surface area is 156 Å². The van der Waals surface area contributed by atoms with Crippen LogP contribution in [0.4, 0.5) is 0 Å². The summed E-state index contributed by atoms with van der Waals surface area (Å²) >= 11 is 0. The molecular formula is C19H29N3O3S. The molecule has 0 bridgehead atoms. The molecule has 1 N–H and O–H groups in total. The predicted molar refractivity (Wildman–Crippen MR) is 102 cm³/mol. The van der Waals surface area contributed by atoms with Gasteiger partial charge in [0.05, 0.1) is 4.90 Å². The summed E-state index contributed by atoms with van der Waals surface area (Å²) in [7, 11) is -1.64. The third-order valence-electron chi connectivity index (χ3n) is 5.66. The minimum Gasteiger partial charge on any atom is -0.339 e. The number of hydrogen-bond acceptors (Lipinski definition) is 4. The number of piperidine rings is 2. The molecule has 3 rings (SSSR count). The number of nitrogens with one attached hydrogen (secondary N) is 1. The molecule has 26 heavy (non-hydrogen) atoms. The Morgan fingerprint density at radius 3 is 2.23 bits per heavy atom. The molecule has 0 atom stereocenters. The van der Waals surface area contributed by atoms with Crippen LogP contribution in [0.3, 0.4) is 0 Å². The summed E-state index contributed by atoms with van der Waals surface area (Å²) in [6, 6.07) is 6.65. The molecule has 0 aliphatic carbocycles. The summed E-state index contributed by atoms with van der Waals surface area (Å²) < 4.78 is 27.1. The second-order valence-electron chi connectivity index (χ2n) is 7.51. The van der Waals surface area contributed by atoms with E-state index in [2.05, 4.69) is 12.2 Å². The van der Waals surface area contributed by atoms with Crippen molar-refractivity contribution in [1.29, 1.82) is 0 Å². The molecule has 0 unspecified atom stereocenters. The first-order chi connectivity index (χ1) is 12.4. The minimum atomic E-state index is -3.47. The summed E-state index contributed by atoms with van der Waals surface area (Å²) in [6.07, 6.45) is 3.69. The maximum Gasteiger partial charge on any atom is 0.253 e. The number of amides is 1. The van der Waals surface area contributed by atoms with E-state index in [-0.39, 0.29) is 16.8 Å². The second-order valence-corrected chi connectivity index (χ2v) is 9.45. The van der Waals surface area contributed by atoms with Crippen molar-refractivity contribution in [3.05, 3.63) is 29.8 Å². The Morgan fingerprint density at radius 2 is 1.65 bits per heavy atom. The molecule has 0 radical (unpaired) electrons. The van der Waals surface area contributed by atoms with Gasteiger partial charge in [0.15, 0.2) is 0 Å². The van der Waals surface area contributed by atoms with E-state index in [0.717, 1.165) is 38.8 Å². The van der Waals surface area contributed by atoms with Crippen LogP contribution >= 0.6 is 0 Å². The van der Waals surface area contributed by atoms with Gasteiger partial charge in [-0.15, -0.1) is 0 Å². The average Bonchev–Trinajstić information content (AvgIpc) is 2.68. The van der Waals surface area contributed by atoms with Crippen molar-refractivity contribution in [1.82, 2.24) is 14.5 Å². The molecule has 0 saturated carbocycles. The zero-order chi connectivity index (χ0) is 18.7. The van der Waals surface area contributed by atoms with Crippen molar-refractivity contribution in [3.8, 4) is 0 Å². The van der Waals surface area contributed by atoms with E-state index in [4.69, 9.17) is 0 Å². The average molecular weight is 380 g/mol. The molecule has 2 saturated heterocycles. The summed E-state index contributed by atoms with van der Waals surface area (Å²) in [5.74, 6) is 0.527. The Balaban J connectivity index is 1.70. The maximum atomic E-state index is 12.8. The van der Waals surface area contributed by atoms with Crippen molar-refractivity contribution in [2.75, 3.05) is 33.2 Å². The van der Waals surface area contributed by atoms with E-state index in [1.54, 1.807) is 33.5 Å². The first-order valence-electron chi connectivity index (χ1n) is 9.47. The highest BCUT2D eigenvalue weighted by molar-refractivity contribution is 7.89. The summed E-state index contributed by atoms with van der Waals surface area (Å²) in [5, 5.41) is 3.30. The lowest BCUT2D eigenvalue weighted by molar-refractivity contribution is 0.0703. The van der Waals surface area contributed by atoms with Crippen LogP contribution in [0.2, 0.25) is 0 Å². The molecule has 2 fully saturated rings. The topological polar surface area (TPSA) is 69.7 Å². The highest BCUT2D eigenvalue weighted by Gasteiger charge is 2.28. The van der Waals surface area contributed by atoms with Gasteiger partial charge in [0.2, 0.25) is 10.0 Å². The van der Waals surface area contributed by atoms with Crippen LogP contribution in [-0.2, 0) is 10.0 Å². The van der Waals surface area contributed by atoms with Crippen LogP contribution in [0.5, 0.6) is 0 Å². The number of nitrogens with zero attached hydrogens (tertiary/aromatic N) is 2. The van der Waals surface area contributed by atoms with Gasteiger partial charge in [0, 0.05) is 31.7 Å². The Morgan fingerprint density at radius 1 is 1.08 bits per heavy atom. The van der Waals surface area contributed by atoms with Gasteiger partial charge >= 0.3 is 0 Å². The van der Waals surface area contributed by atoms with Gasteiger partial charge in [0.25, 0.3) is 5.91 Å². The zero-order valence-corrected chi connectivity index (χ0v) is 16.5. The Kier molecular flexibility index (Phi) is 5.99. The van der Waals surface area contributed by atoms with Gasteiger partial charge in [-0.3, -0.25) is 4.79 Å². The fourth-order valence-corrected chi connectivity index (χ4v) is 5.18. The van der Waals surface area contributed by atoms with Crippen molar-refractivity contribution < 1.29 is 13.2 Å². The molecule has 1 aromatic carbocycles. The molecule has 2 heterocycles. The van der Waals surface area contributed by atoms with Gasteiger partial charge in [-0.05, 0) is 69.0 Å². The van der Waals surface area contributed by atoms with Gasteiger partial charge in [-0.2, -0.15) is 4.31 Å². The van der Waals surface area contributed by atoms with E-state index < -0.39 is 10.0 Å². The second kappa shape index (κ2) is 8.06. The molecule has 6 nitrogen and oxygen atoms in total. The third kappa shape index (κ3) is 4.10. The van der Waals surface area contributed by atoms with Crippen LogP contribution in [0, 0.1) is 5.92 Å². The number of hydrogen-bond donors (Lipinski definition) is 1. The van der Waals surface area contributed by atoms with Gasteiger partial charge in [-0.25, -0.2) is 8.42 Å². The van der Waals surface area contributed by atoms with Crippen molar-refractivity contribution in [3.63, 3.8) is 0 Å². The molecule has 144 valence electrons. The van der Waals surface area contributed by atoms with Crippen LogP contribution in [0.15, 0.2) is 29.2 Å². The molecule has 1 amide bonds. The van der Waals surface area contributed by atoms with Crippen molar-refractivity contribution in [2.45, 2.75) is 43.5 Å². The van der Waals surface area contributed by atoms with Gasteiger partial charge in [-0.1, -0.05) is 6.92 Å². The van der Waals surface area contributed by atoms with Crippen molar-refractivity contribution in [2.24, 2.45) is 5.92 Å². The number of rotatable bonds is 4. The van der Waals surface area contributed by atoms with Gasteiger partial charge in [0.1, 0.15) is 0 Å². The smallest absolute Gasteiger partial charge is 0.253 e. The number of carbonyl (C=O) groups excluding carboxylic acids is 1. The lowest BCUT2D eigenvalue weighted by Crippen LogP contribution is -2.44. The molecule has 1 aromatic rings. The summed E-state index contributed by atoms with van der Waals surface area (Å²) in [6.45, 7) is 5.15. The van der Waals surface area contributed by atoms with E-state index >= 15 is 0 Å². The van der Waals surface area contributed by atoms with Crippen LogP contribution < -0.4 is 5.32 Å². The molecular weight excluding hydrogens is 350 g/mol. The van der Waals surface area contributed by atoms with E-state index in [0.29, 0.717) is 24.6 Å². The first kappa shape index (κ1) is 19.3. The molecule has 2 aliphatic rings. The maximum absolute atomic E-state index is 12.8. The lowest BCUT2D eigenvalue weighted by Gasteiger charge is -2.32. The largest absolute Gasteiger partial charge is 0.339 e. The molecule has 0 spiro atoms. The highest BCUT2D eigenvalue weighted by atomic mass is 32.2. The minimum absolute atomic E-state index is 0.0485. The summed E-state index contributed by atoms with van der Waals surface area (Å²) in [5.41, 5.74) is 0.539. The van der Waals surface area contributed by atoms with Crippen LogP contribution in [0.1, 0.15) is 43.0 Å². The SMILES string of the molecule is CC1CCN(S(=O)(=O)c2ccc(C(=O)N(C)C3CCNCC3)cc2)CC1. The monoisotopic (exact) mass is 379 g/mol. The van der Waals surface area contributed by atoms with Crippen LogP contribution in [-0.4, -0.2) is 62.8 Å². The van der Waals surface area contributed by atoms with Crippen LogP contribution in [0.25, 0.3) is 0 Å². The van der Waals surface area contributed by atoms with E-state index in [1.807, 2.05) is 7.05 Å². The highest BCUT2D eigenvalue weighted by Crippen LogP contribution is 2.24. The van der Waals surface area contributed by atoms with E-state index in [9.17, 15) is 13.2 Å². The number of carbonyl (C=O) groups is 1. The predicted octanol–water partition coefficient (Wildman–Crippen LogP) is 1.93. The molecule has 2 aliphatic heterocycles. The third-order valence-corrected chi connectivity index (χ3v) is 7.57. The standard InChI is InChI=1S/C19H29N3O3S/c1-15-9-13-22(14-10-15)26(24,25)18-5-3-16(4-6-18)19(23)21(2)17-7-11-20-12-8-17/h3-6,15,17,20H,7-14H2,1-2H3. The number of sulfonamides is 1. The van der Waals surface area contributed by atoms with E-state index in [1.165, 1.54) is 0 Å². The quantitative estimate of drug-likeness (QED) is 0.868. The number of benzene rings is 1. The van der Waals surface area contributed by atoms with Gasteiger partial charge < -0.3 is 10.2 Å². The Hall–Kier alpha value is -1.44. The Bertz CT molecular complexity index is 719. The van der Waals surface area contributed by atoms with Crippen molar-refractivity contribution >= 4 is 15.9 Å². The fraction of sp³-hybridized carbons (Fsp3) is 0.632. The fourth-order valence-electron chi connectivity index (χ4n) is 3.71. The molecule has 7 heteroatoms. The lowest BCUT2D eigenvalue weighted by atomic mass is 10.0.